The standard InChI is InChI=1S/C12H16ClN3O4/c1-2-15-10(12(14)17)5-6-20-8-3-4-11(16(18)19)9(13)7-8/h3-4,7,10,15H,2,5-6H2,1H3,(H2,14,17). The summed E-state index contributed by atoms with van der Waals surface area (Å²) >= 11 is 5.76. The highest BCUT2D eigenvalue weighted by atomic mass is 35.5. The summed E-state index contributed by atoms with van der Waals surface area (Å²) in [6.45, 7) is 2.73. The molecule has 3 N–H and O–H groups in total. The van der Waals surface area contributed by atoms with Crippen molar-refractivity contribution in [1.82, 2.24) is 5.32 Å². The molecule has 0 aliphatic heterocycles. The van der Waals surface area contributed by atoms with Gasteiger partial charge in [0.1, 0.15) is 10.8 Å². The highest BCUT2D eigenvalue weighted by molar-refractivity contribution is 6.32. The molecule has 0 saturated heterocycles. The van der Waals surface area contributed by atoms with Crippen molar-refractivity contribution in [2.24, 2.45) is 5.73 Å². The first-order chi connectivity index (χ1) is 9.45. The van der Waals surface area contributed by atoms with Gasteiger partial charge in [-0.2, -0.15) is 0 Å². The van der Waals surface area contributed by atoms with Crippen LogP contribution in [-0.2, 0) is 4.79 Å². The smallest absolute Gasteiger partial charge is 0.288 e. The molecule has 8 heteroatoms. The second kappa shape index (κ2) is 7.66. The Hall–Kier alpha value is -1.86. The highest BCUT2D eigenvalue weighted by Gasteiger charge is 2.15. The van der Waals surface area contributed by atoms with Gasteiger partial charge in [0, 0.05) is 18.6 Å². The van der Waals surface area contributed by atoms with E-state index in [0.29, 0.717) is 18.7 Å². The van der Waals surface area contributed by atoms with Gasteiger partial charge in [0.25, 0.3) is 5.69 Å². The fourth-order valence-corrected chi connectivity index (χ4v) is 1.85. The molecule has 0 aliphatic rings. The van der Waals surface area contributed by atoms with Gasteiger partial charge < -0.3 is 15.8 Å². The molecule has 0 spiro atoms. The van der Waals surface area contributed by atoms with E-state index in [-0.39, 0.29) is 17.3 Å². The van der Waals surface area contributed by atoms with Crippen molar-refractivity contribution < 1.29 is 14.5 Å². The zero-order valence-corrected chi connectivity index (χ0v) is 11.7. The van der Waals surface area contributed by atoms with Crippen LogP contribution in [0.15, 0.2) is 18.2 Å². The SMILES string of the molecule is CCNC(CCOc1ccc([N+](=O)[O-])c(Cl)c1)C(N)=O. The number of nitrogens with two attached hydrogens (primary N) is 1. The Morgan fingerprint density at radius 3 is 2.80 bits per heavy atom. The number of nitro benzene ring substituents is 1. The fourth-order valence-electron chi connectivity index (χ4n) is 1.61. The molecule has 1 unspecified atom stereocenters. The van der Waals surface area contributed by atoms with Crippen LogP contribution in [0.1, 0.15) is 13.3 Å². The van der Waals surface area contributed by atoms with Gasteiger partial charge in [0.2, 0.25) is 5.91 Å². The third-order valence-corrected chi connectivity index (χ3v) is 2.89. The lowest BCUT2D eigenvalue weighted by Gasteiger charge is -2.14. The highest BCUT2D eigenvalue weighted by Crippen LogP contribution is 2.28. The van der Waals surface area contributed by atoms with Crippen LogP contribution >= 0.6 is 11.6 Å². The zero-order valence-electron chi connectivity index (χ0n) is 11.0. The van der Waals surface area contributed by atoms with Gasteiger partial charge in [-0.3, -0.25) is 14.9 Å². The maximum atomic E-state index is 11.1. The van der Waals surface area contributed by atoms with Crippen molar-refractivity contribution in [3.8, 4) is 5.75 Å². The Morgan fingerprint density at radius 2 is 2.30 bits per heavy atom. The van der Waals surface area contributed by atoms with Gasteiger partial charge in [-0.1, -0.05) is 18.5 Å². The van der Waals surface area contributed by atoms with Crippen LogP contribution in [0.25, 0.3) is 0 Å². The van der Waals surface area contributed by atoms with Crippen LogP contribution in [0.3, 0.4) is 0 Å². The van der Waals surface area contributed by atoms with Crippen LogP contribution in [-0.4, -0.2) is 30.0 Å². The first-order valence-corrected chi connectivity index (χ1v) is 6.43. The number of nitro groups is 1. The zero-order chi connectivity index (χ0) is 15.1. The van der Waals surface area contributed by atoms with Gasteiger partial charge in [-0.05, 0) is 12.6 Å². The van der Waals surface area contributed by atoms with Crippen molar-refractivity contribution in [2.75, 3.05) is 13.2 Å². The molecule has 0 aliphatic carbocycles. The number of nitrogens with zero attached hydrogens (tertiary/aromatic N) is 1. The third-order valence-electron chi connectivity index (χ3n) is 2.59. The van der Waals surface area contributed by atoms with E-state index in [9.17, 15) is 14.9 Å². The van der Waals surface area contributed by atoms with Crippen molar-refractivity contribution in [3.63, 3.8) is 0 Å². The predicted molar refractivity (Wildman–Crippen MR) is 74.9 cm³/mol. The van der Waals surface area contributed by atoms with Crippen LogP contribution < -0.4 is 15.8 Å². The molecule has 1 aromatic carbocycles. The molecule has 20 heavy (non-hydrogen) atoms. The van der Waals surface area contributed by atoms with E-state index < -0.39 is 16.9 Å². The molecule has 0 fully saturated rings. The van der Waals surface area contributed by atoms with E-state index in [1.807, 2.05) is 6.92 Å². The van der Waals surface area contributed by atoms with Gasteiger partial charge in [-0.15, -0.1) is 0 Å². The largest absolute Gasteiger partial charge is 0.493 e. The molecule has 1 amide bonds. The average molecular weight is 302 g/mol. The first kappa shape index (κ1) is 16.2. The number of rotatable bonds is 8. The Morgan fingerprint density at radius 1 is 1.60 bits per heavy atom. The summed E-state index contributed by atoms with van der Waals surface area (Å²) < 4.78 is 5.39. The quantitative estimate of drug-likeness (QED) is 0.558. The van der Waals surface area contributed by atoms with E-state index in [2.05, 4.69) is 5.32 Å². The maximum Gasteiger partial charge on any atom is 0.288 e. The van der Waals surface area contributed by atoms with E-state index >= 15 is 0 Å². The first-order valence-electron chi connectivity index (χ1n) is 6.05. The maximum absolute atomic E-state index is 11.1. The van der Waals surface area contributed by atoms with Crippen LogP contribution in [0.5, 0.6) is 5.75 Å². The lowest BCUT2D eigenvalue weighted by molar-refractivity contribution is -0.384. The molecular weight excluding hydrogens is 286 g/mol. The molecular formula is C12H16ClN3O4. The number of primary amides is 1. The summed E-state index contributed by atoms with van der Waals surface area (Å²) in [5.74, 6) is -0.0440. The number of amides is 1. The second-order valence-corrected chi connectivity index (χ2v) is 4.43. The number of hydrogen-bond donors (Lipinski definition) is 2. The van der Waals surface area contributed by atoms with E-state index in [1.54, 1.807) is 0 Å². The summed E-state index contributed by atoms with van der Waals surface area (Å²) in [6, 6.07) is 3.63. The van der Waals surface area contributed by atoms with Crippen LogP contribution in [0, 0.1) is 10.1 Å². The normalized spacial score (nSPS) is 11.9. The number of hydrogen-bond acceptors (Lipinski definition) is 5. The molecule has 1 rings (SSSR count). The minimum atomic E-state index is -0.569. The molecule has 0 heterocycles. The molecule has 7 nitrogen and oxygen atoms in total. The lowest BCUT2D eigenvalue weighted by Crippen LogP contribution is -2.42. The van der Waals surface area contributed by atoms with E-state index in [0.717, 1.165) is 0 Å². The van der Waals surface area contributed by atoms with Gasteiger partial charge in [0.15, 0.2) is 0 Å². The summed E-state index contributed by atoms with van der Waals surface area (Å²) in [5.41, 5.74) is 5.05. The molecule has 0 saturated carbocycles. The minimum absolute atomic E-state index is 0.00522. The number of ether oxygens (including phenoxy) is 1. The van der Waals surface area contributed by atoms with E-state index in [1.165, 1.54) is 18.2 Å². The number of carbonyl (C=O) groups is 1. The molecule has 0 bridgehead atoms. The van der Waals surface area contributed by atoms with Crippen molar-refractivity contribution in [3.05, 3.63) is 33.3 Å². The molecule has 110 valence electrons. The lowest BCUT2D eigenvalue weighted by atomic mass is 10.2. The van der Waals surface area contributed by atoms with Crippen molar-refractivity contribution in [1.29, 1.82) is 0 Å². The predicted octanol–water partition coefficient (Wildman–Crippen LogP) is 1.48. The Labute approximate surface area is 121 Å². The fraction of sp³-hybridized carbons (Fsp3) is 0.417. The second-order valence-electron chi connectivity index (χ2n) is 4.02. The van der Waals surface area contributed by atoms with Gasteiger partial charge in [-0.25, -0.2) is 0 Å². The molecule has 1 atom stereocenters. The van der Waals surface area contributed by atoms with Gasteiger partial charge >= 0.3 is 0 Å². The van der Waals surface area contributed by atoms with Crippen molar-refractivity contribution in [2.45, 2.75) is 19.4 Å². The Bertz CT molecular complexity index is 496. The minimum Gasteiger partial charge on any atom is -0.493 e. The molecule has 1 aromatic rings. The number of halogens is 1. The average Bonchev–Trinajstić information content (AvgIpc) is 2.37. The summed E-state index contributed by atoms with van der Waals surface area (Å²) in [4.78, 5) is 21.1. The van der Waals surface area contributed by atoms with Gasteiger partial charge in [0.05, 0.1) is 17.6 Å². The van der Waals surface area contributed by atoms with Crippen LogP contribution in [0.2, 0.25) is 5.02 Å². The number of nitrogens with one attached hydrogen (secondary N) is 1. The molecule has 0 radical (unpaired) electrons. The summed E-state index contributed by atoms with van der Waals surface area (Å²) in [5, 5.41) is 13.5. The number of benzene rings is 1. The summed E-state index contributed by atoms with van der Waals surface area (Å²) in [7, 11) is 0. The Kier molecular flexibility index (Phi) is 6.20. The molecule has 0 aromatic heterocycles. The van der Waals surface area contributed by atoms with Crippen molar-refractivity contribution >= 4 is 23.2 Å². The Balaban J connectivity index is 2.55. The van der Waals surface area contributed by atoms with Crippen LogP contribution in [0.4, 0.5) is 5.69 Å². The number of likely N-dealkylation sites (N-methyl/N-ethyl adjacent to an activating group) is 1. The number of carbonyl (C=O) groups excluding carboxylic acids is 1. The summed E-state index contributed by atoms with van der Waals surface area (Å²) in [6.07, 6.45) is 0.401. The third kappa shape index (κ3) is 4.67. The monoisotopic (exact) mass is 301 g/mol. The topological polar surface area (TPSA) is 107 Å². The van der Waals surface area contributed by atoms with E-state index in [4.69, 9.17) is 22.1 Å².